The van der Waals surface area contributed by atoms with E-state index >= 15 is 0 Å². The number of H-pyrrole nitrogens is 1. The maximum atomic E-state index is 11.6. The van der Waals surface area contributed by atoms with Crippen LogP contribution in [0.2, 0.25) is 0 Å². The first-order chi connectivity index (χ1) is 13.2. The zero-order chi connectivity index (χ0) is 18.8. The maximum Gasteiger partial charge on any atom is 0.319 e. The highest BCUT2D eigenvalue weighted by Crippen LogP contribution is 2.32. The molecule has 0 bridgehead atoms. The Morgan fingerprint density at radius 1 is 1.26 bits per heavy atom. The van der Waals surface area contributed by atoms with Crippen LogP contribution in [0.3, 0.4) is 0 Å². The van der Waals surface area contributed by atoms with Crippen LogP contribution in [0, 0.1) is 0 Å². The lowest BCUT2D eigenvalue weighted by Gasteiger charge is -2.15. The Morgan fingerprint density at radius 3 is 2.70 bits per heavy atom. The van der Waals surface area contributed by atoms with E-state index in [9.17, 15) is 9.59 Å². The smallest absolute Gasteiger partial charge is 0.319 e. The maximum absolute atomic E-state index is 11.6. The number of fused-ring (bicyclic) bond motifs is 1. The zero-order valence-electron chi connectivity index (χ0n) is 14.9. The van der Waals surface area contributed by atoms with Crippen molar-refractivity contribution >= 4 is 35.1 Å². The van der Waals surface area contributed by atoms with Crippen molar-refractivity contribution in [1.82, 2.24) is 20.3 Å². The predicted molar refractivity (Wildman–Crippen MR) is 104 cm³/mol. The zero-order valence-corrected chi connectivity index (χ0v) is 14.9. The van der Waals surface area contributed by atoms with Crippen LogP contribution in [0.1, 0.15) is 19.8 Å². The summed E-state index contributed by atoms with van der Waals surface area (Å²) < 4.78 is 0. The van der Waals surface area contributed by atoms with Crippen molar-refractivity contribution in [2.24, 2.45) is 0 Å². The van der Waals surface area contributed by atoms with E-state index < -0.39 is 0 Å². The fourth-order valence-corrected chi connectivity index (χ4v) is 2.96. The molecule has 3 amide bonds. The largest absolute Gasteiger partial charge is 0.346 e. The van der Waals surface area contributed by atoms with Crippen LogP contribution >= 0.6 is 0 Å². The fourth-order valence-electron chi connectivity index (χ4n) is 2.96. The first-order valence-corrected chi connectivity index (χ1v) is 8.93. The van der Waals surface area contributed by atoms with Gasteiger partial charge in [0.15, 0.2) is 0 Å². The molecule has 1 saturated carbocycles. The highest BCUT2D eigenvalue weighted by atomic mass is 16.2. The Morgan fingerprint density at radius 2 is 2.04 bits per heavy atom. The van der Waals surface area contributed by atoms with Crippen molar-refractivity contribution in [3.8, 4) is 11.3 Å². The van der Waals surface area contributed by atoms with E-state index in [0.717, 1.165) is 35.9 Å². The van der Waals surface area contributed by atoms with E-state index in [-0.39, 0.29) is 12.1 Å². The summed E-state index contributed by atoms with van der Waals surface area (Å²) in [5.41, 5.74) is 3.00. The number of hydrogen-bond donors (Lipinski definition) is 3. The third-order valence-electron chi connectivity index (χ3n) is 4.44. The third-order valence-corrected chi connectivity index (χ3v) is 4.44. The van der Waals surface area contributed by atoms with Gasteiger partial charge in [-0.1, -0.05) is 12.1 Å². The molecule has 0 unspecified atom stereocenters. The Kier molecular flexibility index (Phi) is 4.45. The topological polar surface area (TPSA) is 103 Å². The molecular weight excluding hydrogens is 344 g/mol. The molecule has 1 fully saturated rings. The molecule has 4 rings (SSSR count). The second-order valence-corrected chi connectivity index (χ2v) is 6.42. The summed E-state index contributed by atoms with van der Waals surface area (Å²) in [5, 5.41) is 6.34. The van der Waals surface area contributed by atoms with Crippen molar-refractivity contribution in [2.45, 2.75) is 25.8 Å². The van der Waals surface area contributed by atoms with E-state index in [4.69, 9.17) is 0 Å². The molecule has 8 heteroatoms. The first kappa shape index (κ1) is 17.0. The van der Waals surface area contributed by atoms with Crippen LogP contribution in [0.5, 0.6) is 0 Å². The molecule has 1 aromatic carbocycles. The summed E-state index contributed by atoms with van der Waals surface area (Å²) in [5.74, 6) is 0.405. The van der Waals surface area contributed by atoms with Crippen LogP contribution in [-0.4, -0.2) is 40.0 Å². The average molecular weight is 364 g/mol. The van der Waals surface area contributed by atoms with Gasteiger partial charge in [-0.2, -0.15) is 4.98 Å². The Bertz CT molecular complexity index is 978. The number of nitrogens with zero attached hydrogens (tertiary/aromatic N) is 3. The lowest BCUT2D eigenvalue weighted by Crippen LogP contribution is -2.28. The molecule has 0 radical (unpaired) electrons. The normalized spacial score (nSPS) is 13.4. The summed E-state index contributed by atoms with van der Waals surface area (Å²) in [7, 11) is 0. The van der Waals surface area contributed by atoms with Crippen molar-refractivity contribution in [1.29, 1.82) is 0 Å². The van der Waals surface area contributed by atoms with Crippen LogP contribution in [0.25, 0.3) is 22.3 Å². The molecule has 8 nitrogen and oxygen atoms in total. The number of carbonyl (C=O) groups excluding carboxylic acids is 2. The summed E-state index contributed by atoms with van der Waals surface area (Å²) >= 11 is 0. The Balaban J connectivity index is 1.69. The molecule has 1 aliphatic carbocycles. The molecule has 2 heterocycles. The van der Waals surface area contributed by atoms with Gasteiger partial charge in [-0.15, -0.1) is 0 Å². The van der Waals surface area contributed by atoms with Gasteiger partial charge in [0.25, 0.3) is 0 Å². The number of benzene rings is 1. The fraction of sp³-hybridized carbons (Fsp3) is 0.263. The van der Waals surface area contributed by atoms with Crippen LogP contribution in [0.15, 0.2) is 36.5 Å². The van der Waals surface area contributed by atoms with Crippen LogP contribution < -0.4 is 15.5 Å². The van der Waals surface area contributed by atoms with Gasteiger partial charge in [-0.25, -0.2) is 9.78 Å². The molecule has 0 spiro atoms. The lowest BCUT2D eigenvalue weighted by molar-refractivity contribution is -0.107. The average Bonchev–Trinajstić information content (AvgIpc) is 3.38. The first-order valence-electron chi connectivity index (χ1n) is 8.93. The van der Waals surface area contributed by atoms with E-state index in [1.807, 2.05) is 37.3 Å². The van der Waals surface area contributed by atoms with Gasteiger partial charge in [0.05, 0.1) is 5.69 Å². The monoisotopic (exact) mass is 364 g/mol. The molecule has 0 saturated heterocycles. The van der Waals surface area contributed by atoms with Crippen molar-refractivity contribution in [3.63, 3.8) is 0 Å². The number of aromatic nitrogens is 3. The van der Waals surface area contributed by atoms with Gasteiger partial charge in [0.1, 0.15) is 5.65 Å². The van der Waals surface area contributed by atoms with E-state index in [2.05, 4.69) is 25.6 Å². The number of amides is 3. The number of aromatic amines is 1. The molecule has 3 N–H and O–H groups in total. The highest BCUT2D eigenvalue weighted by molar-refractivity contribution is 5.93. The SMILES string of the molecule is CCNC(=O)Nc1ccc(-c2nc(N(C=O)C3CC3)nc3[nH]ccc23)cc1. The Labute approximate surface area is 156 Å². The summed E-state index contributed by atoms with van der Waals surface area (Å²) in [6.45, 7) is 2.43. The molecule has 1 aliphatic rings. The van der Waals surface area contributed by atoms with Gasteiger partial charge in [0.2, 0.25) is 12.4 Å². The number of urea groups is 1. The van der Waals surface area contributed by atoms with Gasteiger partial charge >= 0.3 is 6.03 Å². The van der Waals surface area contributed by atoms with Crippen molar-refractivity contribution in [2.75, 3.05) is 16.8 Å². The van der Waals surface area contributed by atoms with Crippen LogP contribution in [0.4, 0.5) is 16.4 Å². The van der Waals surface area contributed by atoms with Gasteiger partial charge in [0, 0.05) is 35.4 Å². The summed E-state index contributed by atoms with van der Waals surface area (Å²) in [6.07, 6.45) is 4.55. The molecule has 2 aromatic heterocycles. The molecule has 3 aromatic rings. The van der Waals surface area contributed by atoms with E-state index in [1.54, 1.807) is 11.1 Å². The minimum atomic E-state index is -0.242. The summed E-state index contributed by atoms with van der Waals surface area (Å²) in [4.78, 5) is 37.0. The summed E-state index contributed by atoms with van der Waals surface area (Å²) in [6, 6.07) is 9.29. The second-order valence-electron chi connectivity index (χ2n) is 6.42. The minimum Gasteiger partial charge on any atom is -0.346 e. The van der Waals surface area contributed by atoms with Crippen molar-refractivity contribution in [3.05, 3.63) is 36.5 Å². The predicted octanol–water partition coefficient (Wildman–Crippen LogP) is 2.89. The number of nitrogens with one attached hydrogen (secondary N) is 3. The quantitative estimate of drug-likeness (QED) is 0.585. The van der Waals surface area contributed by atoms with E-state index in [0.29, 0.717) is 23.8 Å². The standard InChI is InChI=1S/C19H20N6O2/c1-2-20-19(27)22-13-5-3-12(4-6-13)16-15-9-10-21-17(15)24-18(23-16)25(11-26)14-7-8-14/h3-6,9-11,14H,2,7-8H2,1H3,(H2,20,22,27)(H,21,23,24). The van der Waals surface area contributed by atoms with Gasteiger partial charge in [-0.05, 0) is 38.0 Å². The third kappa shape index (κ3) is 3.46. The molecular formula is C19H20N6O2. The highest BCUT2D eigenvalue weighted by Gasteiger charge is 2.31. The molecule has 0 aliphatic heterocycles. The Hall–Kier alpha value is -3.42. The molecule has 138 valence electrons. The molecule has 27 heavy (non-hydrogen) atoms. The molecule has 0 atom stereocenters. The van der Waals surface area contributed by atoms with Gasteiger partial charge < -0.3 is 15.6 Å². The number of anilines is 2. The number of hydrogen-bond acceptors (Lipinski definition) is 4. The van der Waals surface area contributed by atoms with Crippen molar-refractivity contribution < 1.29 is 9.59 Å². The van der Waals surface area contributed by atoms with Crippen LogP contribution in [-0.2, 0) is 4.79 Å². The number of rotatable bonds is 6. The minimum absolute atomic E-state index is 0.186. The van der Waals surface area contributed by atoms with E-state index in [1.165, 1.54) is 0 Å². The number of carbonyl (C=O) groups is 2. The van der Waals surface area contributed by atoms with Gasteiger partial charge in [-0.3, -0.25) is 9.69 Å². The second kappa shape index (κ2) is 7.06. The lowest BCUT2D eigenvalue weighted by atomic mass is 10.1.